The molecular formula is C28H30S6. The number of thioether (sulfide) groups is 4. The summed E-state index contributed by atoms with van der Waals surface area (Å²) >= 11 is 11.5. The molecule has 2 heterocycles. The van der Waals surface area contributed by atoms with Gasteiger partial charge < -0.3 is 0 Å². The molecule has 3 aromatic rings. The van der Waals surface area contributed by atoms with Crippen molar-refractivity contribution < 1.29 is 0 Å². The van der Waals surface area contributed by atoms with Crippen molar-refractivity contribution in [3.8, 4) is 20.9 Å². The number of benzene rings is 1. The van der Waals surface area contributed by atoms with Gasteiger partial charge in [-0.2, -0.15) is 0 Å². The molecule has 0 aliphatic heterocycles. The Labute approximate surface area is 229 Å². The second kappa shape index (κ2) is 9.75. The molecule has 0 unspecified atom stereocenters. The molecule has 2 aliphatic carbocycles. The molecule has 6 heteroatoms. The molecule has 178 valence electrons. The Hall–Kier alpha value is -0.500. The third-order valence-corrected chi connectivity index (χ3v) is 13.8. The summed E-state index contributed by atoms with van der Waals surface area (Å²) in [6.45, 7) is 9.25. The zero-order valence-corrected chi connectivity index (χ0v) is 25.8. The van der Waals surface area contributed by atoms with E-state index in [-0.39, 0.29) is 0 Å². The molecule has 0 nitrogen and oxygen atoms in total. The highest BCUT2D eigenvalue weighted by Crippen LogP contribution is 2.59. The van der Waals surface area contributed by atoms with Crippen LogP contribution in [0.2, 0.25) is 0 Å². The van der Waals surface area contributed by atoms with Gasteiger partial charge in [-0.3, -0.25) is 0 Å². The SMILES string of the molecule is CSC(SC)=C1c2cc3c(cc2-c2sc(C(C)C)cc21)C(=C(SC)SC)c1cc(C(C)C)sc1-3. The Balaban J connectivity index is 1.84. The summed E-state index contributed by atoms with van der Waals surface area (Å²) in [5.41, 5.74) is 11.5. The summed E-state index contributed by atoms with van der Waals surface area (Å²) in [5.74, 6) is 1.11. The lowest BCUT2D eigenvalue weighted by Crippen LogP contribution is -1.91. The molecule has 0 radical (unpaired) electrons. The lowest BCUT2D eigenvalue weighted by molar-refractivity contribution is 0.889. The fourth-order valence-electron chi connectivity index (χ4n) is 4.85. The third kappa shape index (κ3) is 3.83. The maximum Gasteiger partial charge on any atom is 0.0481 e. The van der Waals surface area contributed by atoms with Gasteiger partial charge in [0.15, 0.2) is 0 Å². The Kier molecular flexibility index (Phi) is 7.22. The van der Waals surface area contributed by atoms with Crippen molar-refractivity contribution in [2.24, 2.45) is 0 Å². The molecular weight excluding hydrogens is 529 g/mol. The minimum absolute atomic E-state index is 0.554. The minimum Gasteiger partial charge on any atom is -0.139 e. The van der Waals surface area contributed by atoms with Gasteiger partial charge in [0.2, 0.25) is 0 Å². The van der Waals surface area contributed by atoms with Crippen LogP contribution in [0.5, 0.6) is 0 Å². The number of hydrogen-bond acceptors (Lipinski definition) is 6. The lowest BCUT2D eigenvalue weighted by atomic mass is 9.98. The van der Waals surface area contributed by atoms with Crippen LogP contribution in [0.25, 0.3) is 32.0 Å². The molecule has 0 bridgehead atoms. The van der Waals surface area contributed by atoms with Gasteiger partial charge in [0.05, 0.1) is 0 Å². The Morgan fingerprint density at radius 3 is 1.18 bits per heavy atom. The summed E-state index contributed by atoms with van der Waals surface area (Å²) in [4.78, 5) is 5.90. The van der Waals surface area contributed by atoms with Crippen LogP contribution < -0.4 is 0 Å². The third-order valence-electron chi connectivity index (χ3n) is 6.51. The fourth-order valence-corrected chi connectivity index (χ4v) is 10.3. The average Bonchev–Trinajstić information content (AvgIpc) is 3.55. The second-order valence-electron chi connectivity index (χ2n) is 9.18. The van der Waals surface area contributed by atoms with Crippen LogP contribution in [-0.2, 0) is 0 Å². The van der Waals surface area contributed by atoms with E-state index in [4.69, 9.17) is 0 Å². The minimum atomic E-state index is 0.554. The molecule has 34 heavy (non-hydrogen) atoms. The van der Waals surface area contributed by atoms with E-state index in [1.54, 1.807) is 0 Å². The molecule has 1 aromatic carbocycles. The summed E-state index contributed by atoms with van der Waals surface area (Å²) in [5, 5.41) is 0. The Bertz CT molecular complexity index is 1230. The predicted octanol–water partition coefficient (Wildman–Crippen LogP) is 10.9. The number of thiophene rings is 2. The van der Waals surface area contributed by atoms with Crippen molar-refractivity contribution in [3.63, 3.8) is 0 Å². The topological polar surface area (TPSA) is 0 Å². The fraction of sp³-hybridized carbons (Fsp3) is 0.357. The summed E-state index contributed by atoms with van der Waals surface area (Å²) in [6, 6.07) is 9.99. The van der Waals surface area contributed by atoms with Crippen molar-refractivity contribution in [3.05, 3.63) is 64.7 Å². The van der Waals surface area contributed by atoms with Crippen LogP contribution in [0.4, 0.5) is 0 Å². The highest BCUT2D eigenvalue weighted by Gasteiger charge is 2.35. The highest BCUT2D eigenvalue weighted by molar-refractivity contribution is 8.22. The maximum atomic E-state index is 2.53. The van der Waals surface area contributed by atoms with Crippen molar-refractivity contribution in [2.75, 3.05) is 25.0 Å². The largest absolute Gasteiger partial charge is 0.139 e. The van der Waals surface area contributed by atoms with Crippen LogP contribution in [-0.4, -0.2) is 25.0 Å². The van der Waals surface area contributed by atoms with Crippen LogP contribution in [0.3, 0.4) is 0 Å². The first kappa shape index (κ1) is 25.2. The lowest BCUT2D eigenvalue weighted by Gasteiger charge is -2.13. The van der Waals surface area contributed by atoms with E-state index in [1.165, 1.54) is 72.5 Å². The zero-order valence-electron chi connectivity index (χ0n) is 20.9. The van der Waals surface area contributed by atoms with Gasteiger partial charge in [-0.25, -0.2) is 0 Å². The van der Waals surface area contributed by atoms with Gasteiger partial charge >= 0.3 is 0 Å². The van der Waals surface area contributed by atoms with Gasteiger partial charge in [0.1, 0.15) is 0 Å². The monoisotopic (exact) mass is 558 g/mol. The molecule has 0 amide bonds. The van der Waals surface area contributed by atoms with Crippen molar-refractivity contribution in [1.29, 1.82) is 0 Å². The molecule has 2 aliphatic rings. The zero-order chi connectivity index (χ0) is 24.3. The van der Waals surface area contributed by atoms with Gasteiger partial charge in [-0.15, -0.1) is 69.7 Å². The van der Waals surface area contributed by atoms with Gasteiger partial charge in [-0.1, -0.05) is 27.7 Å². The van der Waals surface area contributed by atoms with E-state index in [0.717, 1.165) is 0 Å². The summed E-state index contributed by atoms with van der Waals surface area (Å²) < 4.78 is 2.84. The van der Waals surface area contributed by atoms with Gasteiger partial charge in [0.25, 0.3) is 0 Å². The first-order valence-corrected chi connectivity index (χ1v) is 18.0. The van der Waals surface area contributed by atoms with Crippen molar-refractivity contribution in [1.82, 2.24) is 0 Å². The van der Waals surface area contributed by atoms with E-state index in [2.05, 4.69) is 77.0 Å². The van der Waals surface area contributed by atoms with Gasteiger partial charge in [0, 0.05) is 61.4 Å². The van der Waals surface area contributed by atoms with Gasteiger partial charge in [-0.05, 0) is 72.3 Å². The quantitative estimate of drug-likeness (QED) is 0.203. The maximum absolute atomic E-state index is 2.53. The standard InChI is InChI=1S/C28H30S6/c1-13(2)21-11-19-23(27(29-5)30-6)15-10-18-16(9-17(15)25(19)33-21)24(28(31-7)32-8)20-12-22(14(3)4)34-26(18)20/h9-14H,1-8H3. The van der Waals surface area contributed by atoms with E-state index < -0.39 is 0 Å². The van der Waals surface area contributed by atoms with E-state index >= 15 is 0 Å². The molecule has 0 fully saturated rings. The molecule has 0 saturated carbocycles. The van der Waals surface area contributed by atoms with Crippen molar-refractivity contribution >= 4 is 80.9 Å². The molecule has 0 saturated heterocycles. The number of fused-ring (bicyclic) bond motifs is 6. The summed E-state index contributed by atoms with van der Waals surface area (Å²) in [6.07, 6.45) is 8.87. The van der Waals surface area contributed by atoms with Crippen LogP contribution in [0.1, 0.15) is 71.5 Å². The number of rotatable bonds is 6. The first-order chi connectivity index (χ1) is 16.3. The summed E-state index contributed by atoms with van der Waals surface area (Å²) in [7, 11) is 0. The highest BCUT2D eigenvalue weighted by atomic mass is 32.2. The second-order valence-corrected chi connectivity index (χ2v) is 15.1. The van der Waals surface area contributed by atoms with E-state index in [0.29, 0.717) is 11.8 Å². The predicted molar refractivity (Wildman–Crippen MR) is 167 cm³/mol. The van der Waals surface area contributed by atoms with E-state index in [9.17, 15) is 0 Å². The van der Waals surface area contributed by atoms with E-state index in [1.807, 2.05) is 69.7 Å². The smallest absolute Gasteiger partial charge is 0.0481 e. The Morgan fingerprint density at radius 2 is 0.882 bits per heavy atom. The molecule has 0 spiro atoms. The normalized spacial score (nSPS) is 13.6. The molecule has 0 N–H and O–H groups in total. The number of hydrogen-bond donors (Lipinski definition) is 0. The Morgan fingerprint density at radius 1 is 0.529 bits per heavy atom. The first-order valence-electron chi connectivity index (χ1n) is 11.5. The van der Waals surface area contributed by atoms with Crippen molar-refractivity contribution in [2.45, 2.75) is 39.5 Å². The molecule has 0 atom stereocenters. The van der Waals surface area contributed by atoms with Crippen LogP contribution in [0, 0.1) is 0 Å². The molecule has 2 aromatic heterocycles. The molecule has 5 rings (SSSR count). The van der Waals surface area contributed by atoms with Crippen LogP contribution in [0.15, 0.2) is 32.7 Å². The average molecular weight is 559 g/mol. The van der Waals surface area contributed by atoms with Crippen LogP contribution >= 0.6 is 69.7 Å².